The first-order chi connectivity index (χ1) is 14.2. The summed E-state index contributed by atoms with van der Waals surface area (Å²) in [6, 6.07) is 3.07. The van der Waals surface area contributed by atoms with Crippen molar-refractivity contribution in [1.82, 2.24) is 15.3 Å². The van der Waals surface area contributed by atoms with Crippen molar-refractivity contribution < 1.29 is 27.2 Å². The molecule has 1 amide bonds. The second kappa shape index (κ2) is 8.71. The van der Waals surface area contributed by atoms with E-state index < -0.39 is 32.6 Å². The number of carbonyl (C=O) groups excluding carboxylic acids is 1. The predicted molar refractivity (Wildman–Crippen MR) is 108 cm³/mol. The number of nitrogens with zero attached hydrogens (tertiary/aromatic N) is 2. The molecule has 10 heteroatoms. The number of carbonyl (C=O) groups is 1. The van der Waals surface area contributed by atoms with Crippen molar-refractivity contribution in [3.8, 4) is 12.3 Å². The van der Waals surface area contributed by atoms with Crippen LogP contribution in [-0.2, 0) is 30.8 Å². The molecule has 1 aromatic heterocycles. The van der Waals surface area contributed by atoms with Gasteiger partial charge in [0.25, 0.3) is 5.91 Å². The number of hydrogen-bond donors (Lipinski definition) is 1. The van der Waals surface area contributed by atoms with Crippen molar-refractivity contribution in [2.24, 2.45) is 0 Å². The third-order valence-corrected chi connectivity index (χ3v) is 7.46. The van der Waals surface area contributed by atoms with E-state index in [1.807, 2.05) is 0 Å². The van der Waals surface area contributed by atoms with Gasteiger partial charge in [-0.15, -0.1) is 6.42 Å². The summed E-state index contributed by atoms with van der Waals surface area (Å²) in [5, 5.41) is 4.36. The van der Waals surface area contributed by atoms with E-state index in [1.165, 1.54) is 23.9 Å². The summed E-state index contributed by atoms with van der Waals surface area (Å²) in [6.07, 6.45) is 9.32. The highest BCUT2D eigenvalue weighted by atomic mass is 32.2. The van der Waals surface area contributed by atoms with E-state index in [0.29, 0.717) is 18.5 Å². The van der Waals surface area contributed by atoms with Crippen molar-refractivity contribution in [1.29, 1.82) is 0 Å². The van der Waals surface area contributed by atoms with Crippen LogP contribution in [-0.4, -0.2) is 48.0 Å². The molecule has 2 atom stereocenters. The van der Waals surface area contributed by atoms with Gasteiger partial charge in [0, 0.05) is 25.8 Å². The minimum atomic E-state index is -3.82. The molecule has 1 saturated heterocycles. The number of halogens is 1. The van der Waals surface area contributed by atoms with E-state index in [2.05, 4.69) is 16.5 Å². The van der Waals surface area contributed by atoms with Crippen molar-refractivity contribution in [3.05, 3.63) is 29.7 Å². The maximum atomic E-state index is 14.4. The molecule has 2 heterocycles. The van der Waals surface area contributed by atoms with Gasteiger partial charge >= 0.3 is 0 Å². The Bertz CT molecular complexity index is 1090. The Kier molecular flexibility index (Phi) is 6.45. The van der Waals surface area contributed by atoms with E-state index in [0.717, 1.165) is 19.1 Å². The molecule has 8 nitrogen and oxygen atoms in total. The summed E-state index contributed by atoms with van der Waals surface area (Å²) >= 11 is 0. The number of sulfone groups is 1. The molecule has 162 valence electrons. The molecule has 0 spiro atoms. The summed E-state index contributed by atoms with van der Waals surface area (Å²) in [6.45, 7) is 1.91. The van der Waals surface area contributed by atoms with Crippen molar-refractivity contribution in [2.45, 2.75) is 50.2 Å². The van der Waals surface area contributed by atoms with Crippen LogP contribution in [0.1, 0.15) is 38.2 Å². The number of terminal acetylenes is 1. The zero-order chi connectivity index (χ0) is 21.9. The molecule has 1 aromatic carbocycles. The lowest BCUT2D eigenvalue weighted by molar-refractivity contribution is -0.201. The van der Waals surface area contributed by atoms with Crippen LogP contribution in [0.15, 0.2) is 18.3 Å². The average Bonchev–Trinajstić information content (AvgIpc) is 3.14. The van der Waals surface area contributed by atoms with Crippen molar-refractivity contribution in [3.63, 3.8) is 0 Å². The van der Waals surface area contributed by atoms with Crippen LogP contribution in [0.4, 0.5) is 4.39 Å². The van der Waals surface area contributed by atoms with Gasteiger partial charge in [-0.25, -0.2) is 23.1 Å². The van der Waals surface area contributed by atoms with Gasteiger partial charge < -0.3 is 4.74 Å². The summed E-state index contributed by atoms with van der Waals surface area (Å²) in [7, 11) is -3.82. The fourth-order valence-electron chi connectivity index (χ4n) is 3.23. The molecule has 0 radical (unpaired) electrons. The average molecular weight is 437 g/mol. The highest BCUT2D eigenvalue weighted by molar-refractivity contribution is 7.92. The third kappa shape index (κ3) is 4.33. The lowest BCUT2D eigenvalue weighted by Gasteiger charge is -2.28. The fourth-order valence-corrected chi connectivity index (χ4v) is 4.07. The Balaban J connectivity index is 1.76. The quantitative estimate of drug-likeness (QED) is 0.525. The Hall–Kier alpha value is -2.48. The number of aryl methyl sites for hydroxylation is 1. The molecule has 1 aliphatic heterocycles. The zero-order valence-electron chi connectivity index (χ0n) is 16.9. The molecular weight excluding hydrogens is 413 g/mol. The molecule has 0 bridgehead atoms. The number of ether oxygens (including phenoxy) is 1. The van der Waals surface area contributed by atoms with Crippen LogP contribution in [0, 0.1) is 18.2 Å². The lowest BCUT2D eigenvalue weighted by Crippen LogP contribution is -2.51. The zero-order valence-corrected chi connectivity index (χ0v) is 17.7. The SMILES string of the molecule is C#Cc1ccc2c(cnn2CC[C@](C)(C(=O)NOC2CCCCO2)S(C)(=O)=O)c1F. The number of nitrogens with one attached hydrogen (secondary N) is 1. The monoisotopic (exact) mass is 437 g/mol. The molecule has 1 fully saturated rings. The molecule has 0 aliphatic carbocycles. The largest absolute Gasteiger partial charge is 0.350 e. The van der Waals surface area contributed by atoms with Crippen LogP contribution in [0.3, 0.4) is 0 Å². The minimum absolute atomic E-state index is 0.0647. The van der Waals surface area contributed by atoms with E-state index >= 15 is 0 Å². The van der Waals surface area contributed by atoms with E-state index in [9.17, 15) is 17.6 Å². The molecule has 30 heavy (non-hydrogen) atoms. The summed E-state index contributed by atoms with van der Waals surface area (Å²) in [5.41, 5.74) is 2.80. The first kappa shape index (κ1) is 22.2. The topological polar surface area (TPSA) is 99.5 Å². The van der Waals surface area contributed by atoms with E-state index in [-0.39, 0.29) is 23.9 Å². The Morgan fingerprint density at radius 2 is 2.27 bits per heavy atom. The van der Waals surface area contributed by atoms with Crippen LogP contribution < -0.4 is 5.48 Å². The number of hydrogen-bond acceptors (Lipinski definition) is 6. The highest BCUT2D eigenvalue weighted by Gasteiger charge is 2.44. The Labute approximate surface area is 174 Å². The number of benzene rings is 1. The van der Waals surface area contributed by atoms with Gasteiger partial charge in [-0.2, -0.15) is 5.10 Å². The van der Waals surface area contributed by atoms with Gasteiger partial charge in [0.15, 0.2) is 20.9 Å². The fraction of sp³-hybridized carbons (Fsp3) is 0.500. The molecular formula is C20H24FN3O5S. The minimum Gasteiger partial charge on any atom is -0.350 e. The highest BCUT2D eigenvalue weighted by Crippen LogP contribution is 2.25. The van der Waals surface area contributed by atoms with Crippen LogP contribution in [0.25, 0.3) is 10.9 Å². The van der Waals surface area contributed by atoms with Gasteiger partial charge in [-0.1, -0.05) is 5.92 Å². The van der Waals surface area contributed by atoms with Gasteiger partial charge in [0.1, 0.15) is 5.82 Å². The van der Waals surface area contributed by atoms with E-state index in [4.69, 9.17) is 16.0 Å². The van der Waals surface area contributed by atoms with Gasteiger partial charge in [0.2, 0.25) is 0 Å². The first-order valence-electron chi connectivity index (χ1n) is 9.55. The molecule has 1 aliphatic rings. The number of aromatic nitrogens is 2. The number of fused-ring (bicyclic) bond motifs is 1. The van der Waals surface area contributed by atoms with Crippen LogP contribution in [0.2, 0.25) is 0 Å². The molecule has 3 rings (SSSR count). The molecule has 1 N–H and O–H groups in total. The second-order valence-electron chi connectivity index (χ2n) is 7.47. The van der Waals surface area contributed by atoms with Crippen LogP contribution in [0.5, 0.6) is 0 Å². The smallest absolute Gasteiger partial charge is 0.264 e. The molecule has 1 unspecified atom stereocenters. The van der Waals surface area contributed by atoms with Crippen molar-refractivity contribution >= 4 is 26.6 Å². The maximum Gasteiger partial charge on any atom is 0.264 e. The summed E-state index contributed by atoms with van der Waals surface area (Å²) in [4.78, 5) is 18.0. The maximum absolute atomic E-state index is 14.4. The second-order valence-corrected chi connectivity index (χ2v) is 9.92. The normalized spacial score (nSPS) is 19.2. The Morgan fingerprint density at radius 3 is 2.90 bits per heavy atom. The van der Waals surface area contributed by atoms with Gasteiger partial charge in [-0.05, 0) is 38.3 Å². The Morgan fingerprint density at radius 1 is 1.50 bits per heavy atom. The summed E-state index contributed by atoms with van der Waals surface area (Å²) < 4.78 is 44.3. The third-order valence-electron chi connectivity index (χ3n) is 5.44. The number of rotatable bonds is 7. The predicted octanol–water partition coefficient (Wildman–Crippen LogP) is 1.92. The molecule has 0 saturated carbocycles. The standard InChI is InChI=1S/C20H24FN3O5S/c1-4-14-8-9-16-15(18(14)21)13-22-24(16)11-10-20(2,30(3,26)27)19(25)23-29-17-7-5-6-12-28-17/h1,8-9,13,17H,5-7,10-12H2,2-3H3,(H,23,25)/t17?,20-/m1/s1. The first-order valence-corrected chi connectivity index (χ1v) is 11.4. The molecule has 2 aromatic rings. The number of hydroxylamine groups is 1. The lowest BCUT2D eigenvalue weighted by atomic mass is 10.1. The van der Waals surface area contributed by atoms with Gasteiger partial charge in [-0.3, -0.25) is 9.48 Å². The summed E-state index contributed by atoms with van der Waals surface area (Å²) in [5.74, 6) is 0.901. The van der Waals surface area contributed by atoms with Crippen LogP contribution >= 0.6 is 0 Å². The van der Waals surface area contributed by atoms with Crippen molar-refractivity contribution in [2.75, 3.05) is 12.9 Å². The van der Waals surface area contributed by atoms with E-state index in [1.54, 1.807) is 6.07 Å². The number of amides is 1. The van der Waals surface area contributed by atoms with Gasteiger partial charge in [0.05, 0.1) is 22.7 Å².